The van der Waals surface area contributed by atoms with Gasteiger partial charge < -0.3 is 29.2 Å². The fourth-order valence-electron chi connectivity index (χ4n) is 4.65. The van der Waals surface area contributed by atoms with Crippen LogP contribution in [0.2, 0.25) is 0 Å². The topological polar surface area (TPSA) is 120 Å². The number of carbonyl (C=O) groups excluding carboxylic acids is 4. The van der Waals surface area contributed by atoms with Gasteiger partial charge in [0.1, 0.15) is 18.4 Å². The average molecular weight is 534 g/mol. The summed E-state index contributed by atoms with van der Waals surface area (Å²) in [4.78, 5) is 53.8. The molecule has 0 aliphatic carbocycles. The van der Waals surface area contributed by atoms with E-state index in [9.17, 15) is 37.5 Å². The van der Waals surface area contributed by atoms with Crippen LogP contribution in [0.1, 0.15) is 17.5 Å². The lowest BCUT2D eigenvalue weighted by Gasteiger charge is -2.43. The maximum absolute atomic E-state index is 13.6. The zero-order valence-electron chi connectivity index (χ0n) is 20.1. The zero-order chi connectivity index (χ0) is 27.6. The van der Waals surface area contributed by atoms with Crippen molar-refractivity contribution in [2.45, 2.75) is 31.2 Å². The number of rotatable bonds is 8. The van der Waals surface area contributed by atoms with Gasteiger partial charge in [0, 0.05) is 13.1 Å². The highest BCUT2D eigenvalue weighted by atomic mass is 19.4. The Morgan fingerprint density at radius 1 is 1.08 bits per heavy atom. The van der Waals surface area contributed by atoms with Crippen LogP contribution in [0.25, 0.3) is 0 Å². The molecule has 2 fully saturated rings. The standard InChI is InChI=1S/C25H24F3N3O7/c1-37-18-7-5-15(6-8-18)12-30-19-9-10-29(20(32)13-38-14-21(33)34)22(19)23(35)31(24(30)36)17-4-2-3-16(11-17)25(26,27)28/h2-8,11,19,22H,9-10,12-14H2,1H3,(H,33,34)/p-1/t19-,22+/m1/s1. The molecule has 0 spiro atoms. The lowest BCUT2D eigenvalue weighted by atomic mass is 10.0. The number of methoxy groups -OCH3 is 1. The number of ether oxygens (including phenoxy) is 2. The molecule has 0 bridgehead atoms. The van der Waals surface area contributed by atoms with Crippen LogP contribution in [0.5, 0.6) is 5.75 Å². The Morgan fingerprint density at radius 3 is 2.42 bits per heavy atom. The highest BCUT2D eigenvalue weighted by Crippen LogP contribution is 2.37. The maximum atomic E-state index is 13.6. The van der Waals surface area contributed by atoms with Gasteiger partial charge in [-0.1, -0.05) is 18.2 Å². The number of carboxylic acids is 1. The maximum Gasteiger partial charge on any atom is 0.416 e. The number of hydrogen-bond acceptors (Lipinski definition) is 7. The molecular weight excluding hydrogens is 511 g/mol. The van der Waals surface area contributed by atoms with E-state index in [0.717, 1.165) is 17.0 Å². The summed E-state index contributed by atoms with van der Waals surface area (Å²) in [6.07, 6.45) is -4.49. The lowest BCUT2D eigenvalue weighted by molar-refractivity contribution is -0.309. The van der Waals surface area contributed by atoms with E-state index in [0.29, 0.717) is 22.3 Å². The molecule has 0 N–H and O–H groups in total. The molecule has 0 aromatic heterocycles. The van der Waals surface area contributed by atoms with Crippen LogP contribution < -0.4 is 14.7 Å². The highest BCUT2D eigenvalue weighted by molar-refractivity contribution is 6.19. The quantitative estimate of drug-likeness (QED) is 0.503. The summed E-state index contributed by atoms with van der Waals surface area (Å²) < 4.78 is 50.1. The van der Waals surface area contributed by atoms with Gasteiger partial charge in [0.05, 0.1) is 37.0 Å². The Labute approximate surface area is 215 Å². The monoisotopic (exact) mass is 534 g/mol. The summed E-state index contributed by atoms with van der Waals surface area (Å²) in [5.41, 5.74) is -0.673. The molecule has 2 heterocycles. The molecule has 10 nitrogen and oxygen atoms in total. The van der Waals surface area contributed by atoms with E-state index >= 15 is 0 Å². The number of urea groups is 1. The molecular formula is C25H23F3N3O7-. The van der Waals surface area contributed by atoms with Crippen LogP contribution in [0.3, 0.4) is 0 Å². The van der Waals surface area contributed by atoms with Gasteiger partial charge in [-0.25, -0.2) is 9.69 Å². The van der Waals surface area contributed by atoms with Gasteiger partial charge in [-0.05, 0) is 42.3 Å². The van der Waals surface area contributed by atoms with Crippen LogP contribution in [0.15, 0.2) is 48.5 Å². The van der Waals surface area contributed by atoms with Gasteiger partial charge in [-0.15, -0.1) is 0 Å². The van der Waals surface area contributed by atoms with Gasteiger partial charge in [0.25, 0.3) is 5.91 Å². The number of carbonyl (C=O) groups is 4. The average Bonchev–Trinajstić information content (AvgIpc) is 3.32. The van der Waals surface area contributed by atoms with Crippen LogP contribution in [0, 0.1) is 0 Å². The molecule has 4 rings (SSSR count). The van der Waals surface area contributed by atoms with Crippen LogP contribution in [-0.2, 0) is 31.8 Å². The van der Waals surface area contributed by atoms with Crippen molar-refractivity contribution >= 4 is 29.5 Å². The zero-order valence-corrected chi connectivity index (χ0v) is 20.1. The van der Waals surface area contributed by atoms with Crippen molar-refractivity contribution in [3.8, 4) is 5.75 Å². The number of amides is 4. The normalized spacial score (nSPS) is 19.5. The lowest BCUT2D eigenvalue weighted by Crippen LogP contribution is -2.66. The Hall–Kier alpha value is -4.13. The van der Waals surface area contributed by atoms with Gasteiger partial charge in [-0.2, -0.15) is 13.2 Å². The SMILES string of the molecule is COc1ccc(CN2C(=O)N(c3cccc(C(F)(F)F)c3)C(=O)[C@@H]3[C@H]2CCN3C(=O)COCC(=O)[O-])cc1. The minimum atomic E-state index is -4.71. The van der Waals surface area contributed by atoms with Crippen molar-refractivity contribution in [1.29, 1.82) is 0 Å². The molecule has 0 unspecified atom stereocenters. The summed E-state index contributed by atoms with van der Waals surface area (Å²) in [6, 6.07) is 7.79. The van der Waals surface area contributed by atoms with E-state index in [4.69, 9.17) is 9.47 Å². The van der Waals surface area contributed by atoms with Gasteiger partial charge in [0.15, 0.2) is 0 Å². The van der Waals surface area contributed by atoms with E-state index in [1.54, 1.807) is 24.3 Å². The summed E-state index contributed by atoms with van der Waals surface area (Å²) >= 11 is 0. The molecule has 2 aromatic rings. The Kier molecular flexibility index (Phi) is 7.58. The number of alkyl halides is 3. The fourth-order valence-corrected chi connectivity index (χ4v) is 4.65. The summed E-state index contributed by atoms with van der Waals surface area (Å²) in [6.45, 7) is -1.42. The van der Waals surface area contributed by atoms with Crippen molar-refractivity contribution in [3.63, 3.8) is 0 Å². The van der Waals surface area contributed by atoms with Crippen molar-refractivity contribution in [1.82, 2.24) is 9.80 Å². The molecule has 2 atom stereocenters. The van der Waals surface area contributed by atoms with E-state index in [2.05, 4.69) is 0 Å². The first-order valence-electron chi connectivity index (χ1n) is 11.5. The predicted octanol–water partition coefficient (Wildman–Crippen LogP) is 1.42. The van der Waals surface area contributed by atoms with Gasteiger partial charge in [0.2, 0.25) is 5.91 Å². The molecule has 13 heteroatoms. The number of halogens is 3. The number of likely N-dealkylation sites (tertiary alicyclic amines) is 1. The third kappa shape index (κ3) is 5.42. The summed E-state index contributed by atoms with van der Waals surface area (Å²) in [5.74, 6) is -2.52. The number of benzene rings is 2. The third-order valence-electron chi connectivity index (χ3n) is 6.39. The molecule has 38 heavy (non-hydrogen) atoms. The molecule has 0 saturated carbocycles. The largest absolute Gasteiger partial charge is 0.548 e. The van der Waals surface area contributed by atoms with E-state index in [1.807, 2.05) is 0 Å². The second-order valence-corrected chi connectivity index (χ2v) is 8.73. The van der Waals surface area contributed by atoms with E-state index < -0.39 is 60.9 Å². The molecule has 2 aromatic carbocycles. The van der Waals surface area contributed by atoms with Crippen molar-refractivity contribution in [2.24, 2.45) is 0 Å². The first kappa shape index (κ1) is 26.9. The van der Waals surface area contributed by atoms with Crippen LogP contribution in [0.4, 0.5) is 23.7 Å². The smallest absolute Gasteiger partial charge is 0.416 e. The third-order valence-corrected chi connectivity index (χ3v) is 6.39. The molecule has 4 amide bonds. The number of anilines is 1. The first-order valence-corrected chi connectivity index (χ1v) is 11.5. The molecule has 202 valence electrons. The molecule has 0 radical (unpaired) electrons. The Balaban J connectivity index is 1.69. The number of aliphatic carboxylic acids is 1. The number of carboxylic acid groups (broad SMARTS) is 1. The van der Waals surface area contributed by atoms with Crippen LogP contribution in [-0.4, -0.2) is 72.6 Å². The number of nitrogens with zero attached hydrogens (tertiary/aromatic N) is 3. The number of fused-ring (bicyclic) bond motifs is 1. The summed E-state index contributed by atoms with van der Waals surface area (Å²) in [5, 5.41) is 10.6. The van der Waals surface area contributed by atoms with E-state index in [-0.39, 0.29) is 25.2 Å². The predicted molar refractivity (Wildman–Crippen MR) is 123 cm³/mol. The van der Waals surface area contributed by atoms with Gasteiger partial charge in [-0.3, -0.25) is 9.59 Å². The second kappa shape index (κ2) is 10.7. The number of hydrogen-bond donors (Lipinski definition) is 0. The molecule has 2 aliphatic heterocycles. The Bertz CT molecular complexity index is 1240. The van der Waals surface area contributed by atoms with Crippen molar-refractivity contribution < 1.29 is 46.9 Å². The fraction of sp³-hybridized carbons (Fsp3) is 0.360. The highest BCUT2D eigenvalue weighted by Gasteiger charge is 2.53. The number of imide groups is 1. The second-order valence-electron chi connectivity index (χ2n) is 8.73. The summed E-state index contributed by atoms with van der Waals surface area (Å²) in [7, 11) is 1.49. The van der Waals surface area contributed by atoms with Crippen LogP contribution >= 0.6 is 0 Å². The molecule has 2 saturated heterocycles. The minimum Gasteiger partial charge on any atom is -0.548 e. The molecule has 2 aliphatic rings. The van der Waals surface area contributed by atoms with Gasteiger partial charge >= 0.3 is 12.2 Å². The minimum absolute atomic E-state index is 0.00987. The first-order chi connectivity index (χ1) is 18.0. The van der Waals surface area contributed by atoms with Crippen molar-refractivity contribution in [3.05, 3.63) is 59.7 Å². The van der Waals surface area contributed by atoms with E-state index in [1.165, 1.54) is 18.1 Å². The Morgan fingerprint density at radius 2 is 1.79 bits per heavy atom. The van der Waals surface area contributed by atoms with Crippen molar-refractivity contribution in [2.75, 3.05) is 31.8 Å².